The number of ether oxygens (including phenoxy) is 2. The summed E-state index contributed by atoms with van der Waals surface area (Å²) in [5.74, 6) is 0.974. The lowest BCUT2D eigenvalue weighted by Crippen LogP contribution is -1.97. The molecule has 0 unspecified atom stereocenters. The van der Waals surface area contributed by atoms with Crippen molar-refractivity contribution in [2.45, 2.75) is 32.1 Å². The Morgan fingerprint density at radius 3 is 2.12 bits per heavy atom. The monoisotopic (exact) mass is 222 g/mol. The maximum atomic E-state index is 5.61. The van der Waals surface area contributed by atoms with Crippen LogP contribution in [0.5, 0.6) is 5.75 Å². The van der Waals surface area contributed by atoms with Gasteiger partial charge >= 0.3 is 0 Å². The van der Waals surface area contributed by atoms with Gasteiger partial charge in [0.1, 0.15) is 5.75 Å². The van der Waals surface area contributed by atoms with Crippen LogP contribution in [0.3, 0.4) is 0 Å². The van der Waals surface area contributed by atoms with E-state index in [0.29, 0.717) is 0 Å². The smallest absolute Gasteiger partial charge is 0.119 e. The molecule has 0 heterocycles. The van der Waals surface area contributed by atoms with Crippen LogP contribution in [0.2, 0.25) is 0 Å². The third-order valence-electron chi connectivity index (χ3n) is 2.50. The molecule has 0 spiro atoms. The van der Waals surface area contributed by atoms with Crippen molar-refractivity contribution in [2.24, 2.45) is 0 Å². The van der Waals surface area contributed by atoms with Gasteiger partial charge < -0.3 is 9.47 Å². The molecule has 2 heteroatoms. The number of hydrogen-bond donors (Lipinski definition) is 0. The van der Waals surface area contributed by atoms with Crippen LogP contribution in [-0.4, -0.2) is 20.3 Å². The average Bonchev–Trinajstić information content (AvgIpc) is 2.34. The highest BCUT2D eigenvalue weighted by Gasteiger charge is 1.93. The Bertz CT molecular complexity index is 246. The summed E-state index contributed by atoms with van der Waals surface area (Å²) in [6.45, 7) is 1.72. The summed E-state index contributed by atoms with van der Waals surface area (Å²) in [6.07, 6.45) is 6.11. The second-order valence-corrected chi connectivity index (χ2v) is 3.92. The second-order valence-electron chi connectivity index (χ2n) is 3.92. The predicted molar refractivity (Wildman–Crippen MR) is 66.9 cm³/mol. The molecule has 0 aromatic heterocycles. The highest BCUT2D eigenvalue weighted by molar-refractivity contribution is 5.20. The van der Waals surface area contributed by atoms with Gasteiger partial charge in [-0.2, -0.15) is 0 Å². The molecule has 1 aromatic rings. The maximum Gasteiger partial charge on any atom is 0.119 e. The van der Waals surface area contributed by atoms with Gasteiger partial charge in [0.05, 0.1) is 6.61 Å². The fraction of sp³-hybridized carbons (Fsp3) is 0.571. The van der Waals surface area contributed by atoms with E-state index in [1.54, 1.807) is 7.11 Å². The fourth-order valence-corrected chi connectivity index (χ4v) is 1.59. The first kappa shape index (κ1) is 13.0. The van der Waals surface area contributed by atoms with E-state index in [4.69, 9.17) is 9.47 Å². The average molecular weight is 222 g/mol. The zero-order chi connectivity index (χ0) is 11.5. The van der Waals surface area contributed by atoms with Gasteiger partial charge in [0.25, 0.3) is 0 Å². The molecule has 0 radical (unpaired) electrons. The highest BCUT2D eigenvalue weighted by atomic mass is 16.5. The molecule has 2 nitrogen and oxygen atoms in total. The fourth-order valence-electron chi connectivity index (χ4n) is 1.59. The zero-order valence-corrected chi connectivity index (χ0v) is 10.2. The predicted octanol–water partition coefficient (Wildman–Crippen LogP) is 3.66. The van der Waals surface area contributed by atoms with E-state index in [9.17, 15) is 0 Å². The Balaban J connectivity index is 1.89. The zero-order valence-electron chi connectivity index (χ0n) is 10.2. The van der Waals surface area contributed by atoms with Crippen LogP contribution in [0.15, 0.2) is 30.3 Å². The number of hydrogen-bond acceptors (Lipinski definition) is 2. The van der Waals surface area contributed by atoms with Crippen molar-refractivity contribution in [3.05, 3.63) is 30.3 Å². The van der Waals surface area contributed by atoms with Crippen molar-refractivity contribution in [3.63, 3.8) is 0 Å². The minimum absolute atomic E-state index is 0.828. The molecule has 0 aliphatic carbocycles. The van der Waals surface area contributed by atoms with Crippen LogP contribution in [-0.2, 0) is 4.74 Å². The molecule has 0 amide bonds. The van der Waals surface area contributed by atoms with Crippen molar-refractivity contribution in [1.82, 2.24) is 0 Å². The third kappa shape index (κ3) is 6.46. The quantitative estimate of drug-likeness (QED) is 0.594. The van der Waals surface area contributed by atoms with E-state index in [1.807, 2.05) is 30.3 Å². The van der Waals surface area contributed by atoms with Crippen molar-refractivity contribution in [1.29, 1.82) is 0 Å². The first-order chi connectivity index (χ1) is 7.93. The number of para-hydroxylation sites is 1. The molecule has 0 aliphatic rings. The first-order valence-electron chi connectivity index (χ1n) is 6.10. The van der Waals surface area contributed by atoms with Crippen LogP contribution in [0.25, 0.3) is 0 Å². The largest absolute Gasteiger partial charge is 0.494 e. The maximum absolute atomic E-state index is 5.61. The Morgan fingerprint density at radius 1 is 0.812 bits per heavy atom. The summed E-state index contributed by atoms with van der Waals surface area (Å²) in [4.78, 5) is 0. The minimum Gasteiger partial charge on any atom is -0.494 e. The van der Waals surface area contributed by atoms with Crippen LogP contribution < -0.4 is 4.74 Å². The van der Waals surface area contributed by atoms with E-state index >= 15 is 0 Å². The molecule has 0 bridgehead atoms. The Labute approximate surface area is 98.6 Å². The molecule has 0 N–H and O–H groups in total. The molecular formula is C14H22O2. The van der Waals surface area contributed by atoms with E-state index in [1.165, 1.54) is 25.7 Å². The number of rotatable bonds is 9. The SMILES string of the molecule is COCCCCCCCOc1ccccc1. The molecule has 1 aromatic carbocycles. The van der Waals surface area contributed by atoms with Gasteiger partial charge in [-0.15, -0.1) is 0 Å². The van der Waals surface area contributed by atoms with E-state index in [-0.39, 0.29) is 0 Å². The molecule has 0 fully saturated rings. The minimum atomic E-state index is 0.828. The van der Waals surface area contributed by atoms with Crippen LogP contribution in [0.4, 0.5) is 0 Å². The van der Waals surface area contributed by atoms with Gasteiger partial charge in [0.2, 0.25) is 0 Å². The summed E-state index contributed by atoms with van der Waals surface area (Å²) >= 11 is 0. The van der Waals surface area contributed by atoms with Gasteiger partial charge in [-0.3, -0.25) is 0 Å². The lowest BCUT2D eigenvalue weighted by atomic mass is 10.1. The van der Waals surface area contributed by atoms with Gasteiger partial charge in [-0.05, 0) is 25.0 Å². The molecule has 0 saturated heterocycles. The molecule has 1 rings (SSSR count). The number of methoxy groups -OCH3 is 1. The molecule has 0 aliphatic heterocycles. The summed E-state index contributed by atoms with van der Waals surface area (Å²) in [7, 11) is 1.76. The Hall–Kier alpha value is -1.02. The van der Waals surface area contributed by atoms with E-state index in [0.717, 1.165) is 25.4 Å². The van der Waals surface area contributed by atoms with E-state index in [2.05, 4.69) is 0 Å². The lowest BCUT2D eigenvalue weighted by molar-refractivity contribution is 0.191. The summed E-state index contributed by atoms with van der Waals surface area (Å²) in [6, 6.07) is 10.00. The van der Waals surface area contributed by atoms with E-state index < -0.39 is 0 Å². The van der Waals surface area contributed by atoms with Crippen LogP contribution >= 0.6 is 0 Å². The molecule has 0 saturated carbocycles. The van der Waals surface area contributed by atoms with Crippen molar-refractivity contribution in [3.8, 4) is 5.75 Å². The van der Waals surface area contributed by atoms with Crippen LogP contribution in [0, 0.1) is 0 Å². The van der Waals surface area contributed by atoms with Gasteiger partial charge in [0.15, 0.2) is 0 Å². The summed E-state index contributed by atoms with van der Waals surface area (Å²) in [5, 5.41) is 0. The summed E-state index contributed by atoms with van der Waals surface area (Å²) < 4.78 is 10.6. The van der Waals surface area contributed by atoms with Gasteiger partial charge in [0, 0.05) is 13.7 Å². The molecule has 0 atom stereocenters. The van der Waals surface area contributed by atoms with Gasteiger partial charge in [-0.25, -0.2) is 0 Å². The van der Waals surface area contributed by atoms with Crippen molar-refractivity contribution < 1.29 is 9.47 Å². The molecule has 90 valence electrons. The van der Waals surface area contributed by atoms with Crippen molar-refractivity contribution >= 4 is 0 Å². The second kappa shape index (κ2) is 9.22. The van der Waals surface area contributed by atoms with Gasteiger partial charge in [-0.1, -0.05) is 37.5 Å². The van der Waals surface area contributed by atoms with Crippen molar-refractivity contribution in [2.75, 3.05) is 20.3 Å². The lowest BCUT2D eigenvalue weighted by Gasteiger charge is -2.05. The van der Waals surface area contributed by atoms with Crippen LogP contribution in [0.1, 0.15) is 32.1 Å². The summed E-state index contributed by atoms with van der Waals surface area (Å²) in [5.41, 5.74) is 0. The molecular weight excluding hydrogens is 200 g/mol. The normalized spacial score (nSPS) is 10.3. The first-order valence-corrected chi connectivity index (χ1v) is 6.10. The Morgan fingerprint density at radius 2 is 1.44 bits per heavy atom. The number of unbranched alkanes of at least 4 members (excludes halogenated alkanes) is 4. The standard InChI is InChI=1S/C14H22O2/c1-15-12-8-3-2-4-9-13-16-14-10-6-5-7-11-14/h5-7,10-11H,2-4,8-9,12-13H2,1H3. The number of benzene rings is 1. The topological polar surface area (TPSA) is 18.5 Å². The highest BCUT2D eigenvalue weighted by Crippen LogP contribution is 2.10. The molecule has 16 heavy (non-hydrogen) atoms. The Kier molecular flexibility index (Phi) is 7.52. The third-order valence-corrected chi connectivity index (χ3v) is 2.50.